The smallest absolute Gasteiger partial charge is 0.253 e. The minimum Gasteiger partial charge on any atom is -0.349 e. The lowest BCUT2D eigenvalue weighted by molar-refractivity contribution is 0.0698. The maximum atomic E-state index is 12.7. The number of hydrogen-bond acceptors (Lipinski definition) is 3. The second-order valence-corrected chi connectivity index (χ2v) is 7.12. The van der Waals surface area contributed by atoms with Gasteiger partial charge in [-0.05, 0) is 49.2 Å². The Kier molecular flexibility index (Phi) is 4.81. The maximum Gasteiger partial charge on any atom is 0.253 e. The van der Waals surface area contributed by atoms with E-state index in [-0.39, 0.29) is 17.9 Å². The van der Waals surface area contributed by atoms with Gasteiger partial charge in [-0.2, -0.15) is 0 Å². The van der Waals surface area contributed by atoms with Crippen molar-refractivity contribution in [1.29, 1.82) is 0 Å². The van der Waals surface area contributed by atoms with Crippen LogP contribution in [0, 0.1) is 0 Å². The fourth-order valence-electron chi connectivity index (χ4n) is 3.38. The van der Waals surface area contributed by atoms with Crippen LogP contribution in [0.5, 0.6) is 0 Å². The predicted octanol–water partition coefficient (Wildman–Crippen LogP) is 3.25. The number of piperidine rings is 1. The van der Waals surface area contributed by atoms with E-state index in [9.17, 15) is 9.59 Å². The molecule has 3 aromatic rings. The number of fused-ring (bicyclic) bond motifs is 1. The molecular weight excluding hydrogens is 364 g/mol. The Balaban J connectivity index is 1.35. The van der Waals surface area contributed by atoms with Gasteiger partial charge in [0.1, 0.15) is 0 Å². The van der Waals surface area contributed by atoms with Crippen LogP contribution in [0.2, 0.25) is 5.02 Å². The summed E-state index contributed by atoms with van der Waals surface area (Å²) in [6.07, 6.45) is 3.07. The van der Waals surface area contributed by atoms with Crippen molar-refractivity contribution in [2.75, 3.05) is 13.1 Å². The number of rotatable bonds is 3. The Morgan fingerprint density at radius 2 is 1.93 bits per heavy atom. The summed E-state index contributed by atoms with van der Waals surface area (Å²) in [7, 11) is 0. The van der Waals surface area contributed by atoms with E-state index in [1.54, 1.807) is 36.7 Å². The van der Waals surface area contributed by atoms with Crippen LogP contribution in [0.25, 0.3) is 11.0 Å². The van der Waals surface area contributed by atoms with Crippen LogP contribution >= 0.6 is 11.6 Å². The lowest BCUT2D eigenvalue weighted by Crippen LogP contribution is -2.46. The summed E-state index contributed by atoms with van der Waals surface area (Å²) in [6.45, 7) is 1.22. The van der Waals surface area contributed by atoms with Crippen molar-refractivity contribution in [2.45, 2.75) is 18.9 Å². The van der Waals surface area contributed by atoms with Gasteiger partial charge in [-0.25, -0.2) is 4.98 Å². The molecule has 0 spiro atoms. The molecule has 0 saturated carbocycles. The first kappa shape index (κ1) is 17.5. The van der Waals surface area contributed by atoms with Gasteiger partial charge in [-0.1, -0.05) is 17.7 Å². The molecule has 1 aliphatic rings. The van der Waals surface area contributed by atoms with Crippen LogP contribution in [0.4, 0.5) is 0 Å². The molecule has 2 N–H and O–H groups in total. The van der Waals surface area contributed by atoms with Crippen LogP contribution in [0.15, 0.2) is 48.8 Å². The third-order valence-electron chi connectivity index (χ3n) is 4.87. The van der Waals surface area contributed by atoms with Gasteiger partial charge in [0.2, 0.25) is 0 Å². The predicted molar refractivity (Wildman–Crippen MR) is 104 cm³/mol. The van der Waals surface area contributed by atoms with Gasteiger partial charge in [0.25, 0.3) is 11.8 Å². The lowest BCUT2D eigenvalue weighted by Gasteiger charge is -2.32. The van der Waals surface area contributed by atoms with E-state index in [1.807, 2.05) is 17.0 Å². The third-order valence-corrected chi connectivity index (χ3v) is 5.11. The molecule has 138 valence electrons. The summed E-state index contributed by atoms with van der Waals surface area (Å²) in [6, 6.07) is 12.4. The third kappa shape index (κ3) is 3.80. The zero-order chi connectivity index (χ0) is 18.8. The molecule has 0 aliphatic carbocycles. The van der Waals surface area contributed by atoms with E-state index in [4.69, 9.17) is 11.6 Å². The first-order valence-electron chi connectivity index (χ1n) is 8.89. The van der Waals surface area contributed by atoms with Gasteiger partial charge in [0.15, 0.2) is 0 Å². The molecule has 2 aromatic carbocycles. The number of nitrogens with zero attached hydrogens (tertiary/aromatic N) is 2. The molecule has 0 atom stereocenters. The molecule has 2 heterocycles. The number of hydrogen-bond donors (Lipinski definition) is 2. The number of likely N-dealkylation sites (tertiary alicyclic amines) is 1. The normalized spacial score (nSPS) is 15.1. The molecule has 7 heteroatoms. The zero-order valence-corrected chi connectivity index (χ0v) is 15.4. The number of halogens is 1. The highest BCUT2D eigenvalue weighted by atomic mass is 35.5. The van der Waals surface area contributed by atoms with Crippen LogP contribution in [0.1, 0.15) is 33.6 Å². The highest BCUT2D eigenvalue weighted by Gasteiger charge is 2.25. The topological polar surface area (TPSA) is 78.1 Å². The zero-order valence-electron chi connectivity index (χ0n) is 14.6. The molecule has 1 fully saturated rings. The lowest BCUT2D eigenvalue weighted by atomic mass is 10.0. The van der Waals surface area contributed by atoms with Crippen LogP contribution in [-0.2, 0) is 0 Å². The van der Waals surface area contributed by atoms with Crippen molar-refractivity contribution in [3.8, 4) is 0 Å². The summed E-state index contributed by atoms with van der Waals surface area (Å²) < 4.78 is 0. The Morgan fingerprint density at radius 3 is 2.70 bits per heavy atom. The van der Waals surface area contributed by atoms with E-state index in [0.29, 0.717) is 29.2 Å². The Hall–Kier alpha value is -2.86. The van der Waals surface area contributed by atoms with Gasteiger partial charge < -0.3 is 15.2 Å². The molecule has 1 aromatic heterocycles. The van der Waals surface area contributed by atoms with Gasteiger partial charge in [-0.15, -0.1) is 0 Å². The quantitative estimate of drug-likeness (QED) is 0.729. The Morgan fingerprint density at radius 1 is 1.11 bits per heavy atom. The standard InChI is InChI=1S/C20H19ClN4O2/c21-15-3-1-2-13(10-15)19(26)24-16-6-8-25(9-7-16)20(27)14-4-5-17-18(11-14)23-12-22-17/h1-5,10-12,16H,6-9H2,(H,22,23)(H,24,26). The number of H-pyrrole nitrogens is 1. The molecule has 0 radical (unpaired) electrons. The average molecular weight is 383 g/mol. The highest BCUT2D eigenvalue weighted by Crippen LogP contribution is 2.18. The first-order chi connectivity index (χ1) is 13.1. The molecule has 6 nitrogen and oxygen atoms in total. The van der Waals surface area contributed by atoms with Crippen LogP contribution in [0.3, 0.4) is 0 Å². The average Bonchev–Trinajstić information content (AvgIpc) is 3.16. The van der Waals surface area contributed by atoms with E-state index in [0.717, 1.165) is 23.9 Å². The molecule has 2 amide bonds. The molecule has 0 bridgehead atoms. The number of aromatic amines is 1. The monoisotopic (exact) mass is 382 g/mol. The Bertz CT molecular complexity index is 992. The van der Waals surface area contributed by atoms with Crippen molar-refractivity contribution < 1.29 is 9.59 Å². The number of carbonyl (C=O) groups excluding carboxylic acids is 2. The first-order valence-corrected chi connectivity index (χ1v) is 9.27. The fourth-order valence-corrected chi connectivity index (χ4v) is 3.57. The second kappa shape index (κ2) is 7.40. The summed E-state index contributed by atoms with van der Waals surface area (Å²) in [4.78, 5) is 34.1. The second-order valence-electron chi connectivity index (χ2n) is 6.68. The molecule has 27 heavy (non-hydrogen) atoms. The van der Waals surface area contributed by atoms with Crippen molar-refractivity contribution in [1.82, 2.24) is 20.2 Å². The van der Waals surface area contributed by atoms with E-state index >= 15 is 0 Å². The SMILES string of the molecule is O=C(NC1CCN(C(=O)c2ccc3nc[nH]c3c2)CC1)c1cccc(Cl)c1. The Labute approximate surface area is 161 Å². The minimum absolute atomic E-state index is 0.00566. The number of nitrogens with one attached hydrogen (secondary N) is 2. The summed E-state index contributed by atoms with van der Waals surface area (Å²) in [5.41, 5.74) is 2.89. The minimum atomic E-state index is -0.132. The highest BCUT2D eigenvalue weighted by molar-refractivity contribution is 6.30. The van der Waals surface area contributed by atoms with E-state index in [1.165, 1.54) is 0 Å². The summed E-state index contributed by atoms with van der Waals surface area (Å²) >= 11 is 5.94. The molecular formula is C20H19ClN4O2. The molecule has 1 aliphatic heterocycles. The van der Waals surface area contributed by atoms with Gasteiger partial charge >= 0.3 is 0 Å². The van der Waals surface area contributed by atoms with Gasteiger partial charge in [0.05, 0.1) is 17.4 Å². The number of aromatic nitrogens is 2. The van der Waals surface area contributed by atoms with Crippen molar-refractivity contribution in [3.05, 3.63) is 64.9 Å². The number of amides is 2. The van der Waals surface area contributed by atoms with E-state index < -0.39 is 0 Å². The summed E-state index contributed by atoms with van der Waals surface area (Å²) in [5, 5.41) is 3.57. The van der Waals surface area contributed by atoms with Crippen molar-refractivity contribution >= 4 is 34.4 Å². The van der Waals surface area contributed by atoms with Crippen molar-refractivity contribution in [2.24, 2.45) is 0 Å². The molecule has 0 unspecified atom stereocenters. The largest absolute Gasteiger partial charge is 0.349 e. The van der Waals surface area contributed by atoms with Crippen molar-refractivity contribution in [3.63, 3.8) is 0 Å². The molecule has 4 rings (SSSR count). The number of carbonyl (C=O) groups is 2. The number of benzene rings is 2. The van der Waals surface area contributed by atoms with Crippen LogP contribution in [-0.4, -0.2) is 45.8 Å². The van der Waals surface area contributed by atoms with Crippen LogP contribution < -0.4 is 5.32 Å². The van der Waals surface area contributed by atoms with Gasteiger partial charge in [0, 0.05) is 35.3 Å². The van der Waals surface area contributed by atoms with Gasteiger partial charge in [-0.3, -0.25) is 9.59 Å². The molecule has 1 saturated heterocycles. The van der Waals surface area contributed by atoms with E-state index in [2.05, 4.69) is 15.3 Å². The number of imidazole rings is 1. The maximum absolute atomic E-state index is 12.7. The fraction of sp³-hybridized carbons (Fsp3) is 0.250. The summed E-state index contributed by atoms with van der Waals surface area (Å²) in [5.74, 6) is -0.127.